The Kier molecular flexibility index (Phi) is 6.32. The lowest BCUT2D eigenvalue weighted by molar-refractivity contribution is -0.115. The summed E-state index contributed by atoms with van der Waals surface area (Å²) in [6, 6.07) is 17.9. The number of aromatic nitrogens is 1. The van der Waals surface area contributed by atoms with Crippen molar-refractivity contribution >= 4 is 21.4 Å². The molecule has 7 heteroatoms. The number of anilines is 1. The molecule has 3 aromatic rings. The Morgan fingerprint density at radius 1 is 1.00 bits per heavy atom. The molecule has 1 aliphatic carbocycles. The maximum atomic E-state index is 12.7. The summed E-state index contributed by atoms with van der Waals surface area (Å²) < 4.78 is 31.0. The van der Waals surface area contributed by atoms with E-state index in [1.54, 1.807) is 42.6 Å². The first kappa shape index (κ1) is 21.1. The number of nitrogens with one attached hydrogen (secondary N) is 1. The van der Waals surface area contributed by atoms with Crippen LogP contribution in [-0.2, 0) is 34.1 Å². The van der Waals surface area contributed by atoms with Gasteiger partial charge in [-0.25, -0.2) is 8.42 Å². The average Bonchev–Trinajstić information content (AvgIpc) is 3.25. The third-order valence-electron chi connectivity index (χ3n) is 5.26. The van der Waals surface area contributed by atoms with Crippen LogP contribution < -0.4 is 10.1 Å². The summed E-state index contributed by atoms with van der Waals surface area (Å²) >= 11 is 0. The summed E-state index contributed by atoms with van der Waals surface area (Å²) in [7, 11) is -3.51. The van der Waals surface area contributed by atoms with Crippen LogP contribution in [0.5, 0.6) is 5.75 Å². The van der Waals surface area contributed by atoms with Gasteiger partial charge in [0.1, 0.15) is 12.4 Å². The Bertz CT molecular complexity index is 1180. The van der Waals surface area contributed by atoms with E-state index in [1.807, 2.05) is 24.3 Å². The molecule has 0 bridgehead atoms. The Morgan fingerprint density at radius 2 is 1.87 bits per heavy atom. The first-order chi connectivity index (χ1) is 15.0. The van der Waals surface area contributed by atoms with Crippen LogP contribution in [0.2, 0.25) is 0 Å². The lowest BCUT2D eigenvalue weighted by Gasteiger charge is -2.10. The number of fused-ring (bicyclic) bond motifs is 1. The number of rotatable bonds is 8. The number of carbonyl (C=O) groups excluding carboxylic acids is 1. The number of nitrogens with zero attached hydrogens (tertiary/aromatic N) is 1. The van der Waals surface area contributed by atoms with Gasteiger partial charge in [-0.2, -0.15) is 0 Å². The van der Waals surface area contributed by atoms with Crippen molar-refractivity contribution < 1.29 is 17.9 Å². The van der Waals surface area contributed by atoms with E-state index in [4.69, 9.17) is 4.74 Å². The van der Waals surface area contributed by atoms with E-state index in [1.165, 1.54) is 5.56 Å². The van der Waals surface area contributed by atoms with Crippen LogP contribution in [0, 0.1) is 0 Å². The quantitative estimate of drug-likeness (QED) is 0.578. The molecule has 0 spiro atoms. The zero-order chi connectivity index (χ0) is 21.7. The number of benzene rings is 2. The van der Waals surface area contributed by atoms with Gasteiger partial charge in [-0.1, -0.05) is 18.2 Å². The highest BCUT2D eigenvalue weighted by molar-refractivity contribution is 7.91. The van der Waals surface area contributed by atoms with Crippen molar-refractivity contribution in [3.63, 3.8) is 0 Å². The minimum Gasteiger partial charge on any atom is -0.487 e. The first-order valence-electron chi connectivity index (χ1n) is 10.3. The molecule has 0 unspecified atom stereocenters. The van der Waals surface area contributed by atoms with Crippen molar-refractivity contribution in [3.8, 4) is 5.75 Å². The van der Waals surface area contributed by atoms with Crippen molar-refractivity contribution in [3.05, 3.63) is 83.7 Å². The van der Waals surface area contributed by atoms with E-state index in [-0.39, 0.29) is 18.1 Å². The van der Waals surface area contributed by atoms with Crippen LogP contribution in [0.15, 0.2) is 71.8 Å². The topological polar surface area (TPSA) is 85.4 Å². The predicted octanol–water partition coefficient (Wildman–Crippen LogP) is 3.95. The Hall–Kier alpha value is -3.19. The molecule has 1 aromatic heterocycles. The van der Waals surface area contributed by atoms with E-state index in [0.29, 0.717) is 22.9 Å². The Labute approximate surface area is 182 Å². The third kappa shape index (κ3) is 5.49. The third-order valence-corrected chi connectivity index (χ3v) is 6.97. The van der Waals surface area contributed by atoms with Gasteiger partial charge in [0.05, 0.1) is 16.3 Å². The number of ether oxygens (including phenoxy) is 1. The molecule has 1 N–H and O–H groups in total. The van der Waals surface area contributed by atoms with Gasteiger partial charge in [0.25, 0.3) is 0 Å². The second-order valence-corrected chi connectivity index (χ2v) is 9.65. The number of aryl methyl sites for hydroxylation is 2. The van der Waals surface area contributed by atoms with E-state index in [2.05, 4.69) is 10.3 Å². The van der Waals surface area contributed by atoms with Gasteiger partial charge < -0.3 is 10.1 Å². The molecule has 2 aromatic carbocycles. The second kappa shape index (κ2) is 9.31. The van der Waals surface area contributed by atoms with Gasteiger partial charge in [-0.15, -0.1) is 0 Å². The van der Waals surface area contributed by atoms with Crippen LogP contribution in [0.1, 0.15) is 29.7 Å². The Balaban J connectivity index is 1.32. The average molecular weight is 437 g/mol. The lowest BCUT2D eigenvalue weighted by Crippen LogP contribution is -2.17. The van der Waals surface area contributed by atoms with Crippen molar-refractivity contribution in [2.75, 3.05) is 11.1 Å². The zero-order valence-corrected chi connectivity index (χ0v) is 17.9. The fraction of sp³-hybridized carbons (Fsp3) is 0.250. The largest absolute Gasteiger partial charge is 0.487 e. The number of carbonyl (C=O) groups is 1. The van der Waals surface area contributed by atoms with Gasteiger partial charge in [0, 0.05) is 24.4 Å². The highest BCUT2D eigenvalue weighted by Gasteiger charge is 2.20. The minimum absolute atomic E-state index is 0.113. The summed E-state index contributed by atoms with van der Waals surface area (Å²) in [4.78, 5) is 16.8. The van der Waals surface area contributed by atoms with Gasteiger partial charge >= 0.3 is 0 Å². The van der Waals surface area contributed by atoms with E-state index in [9.17, 15) is 13.2 Å². The maximum absolute atomic E-state index is 12.7. The number of amides is 1. The number of sulfone groups is 1. The van der Waals surface area contributed by atoms with Crippen molar-refractivity contribution in [2.45, 2.75) is 37.2 Å². The smallest absolute Gasteiger partial charge is 0.225 e. The highest BCUT2D eigenvalue weighted by Crippen LogP contribution is 2.25. The molecule has 0 fully saturated rings. The SMILES string of the molecule is O=C(CCS(=O)(=O)c1ccc2c(c1)CCC2)Nc1cccc(OCc2ccccn2)c1. The first-order valence-corrected chi connectivity index (χ1v) is 11.9. The van der Waals surface area contributed by atoms with Gasteiger partial charge in [-0.05, 0) is 66.8 Å². The molecule has 1 aliphatic rings. The van der Waals surface area contributed by atoms with Gasteiger partial charge in [0.15, 0.2) is 9.84 Å². The molecule has 0 radical (unpaired) electrons. The summed E-state index contributed by atoms with van der Waals surface area (Å²) in [6.45, 7) is 0.317. The fourth-order valence-electron chi connectivity index (χ4n) is 3.61. The number of pyridine rings is 1. The van der Waals surface area contributed by atoms with Crippen LogP contribution in [-0.4, -0.2) is 25.1 Å². The minimum atomic E-state index is -3.51. The molecule has 0 saturated carbocycles. The summed E-state index contributed by atoms with van der Waals surface area (Å²) in [5, 5.41) is 2.75. The molecule has 1 heterocycles. The zero-order valence-electron chi connectivity index (χ0n) is 17.1. The molecule has 0 aliphatic heterocycles. The number of hydrogen-bond donors (Lipinski definition) is 1. The van der Waals surface area contributed by atoms with E-state index < -0.39 is 9.84 Å². The summed E-state index contributed by atoms with van der Waals surface area (Å²) in [5.74, 6) is 0.00819. The molecule has 160 valence electrons. The summed E-state index contributed by atoms with van der Waals surface area (Å²) in [6.07, 6.45) is 4.57. The van der Waals surface area contributed by atoms with E-state index in [0.717, 1.165) is 30.5 Å². The van der Waals surface area contributed by atoms with Gasteiger partial charge in [-0.3, -0.25) is 9.78 Å². The van der Waals surface area contributed by atoms with Gasteiger partial charge in [0.2, 0.25) is 5.91 Å². The lowest BCUT2D eigenvalue weighted by atomic mass is 10.1. The van der Waals surface area contributed by atoms with Crippen LogP contribution >= 0.6 is 0 Å². The van der Waals surface area contributed by atoms with Crippen molar-refractivity contribution in [1.29, 1.82) is 0 Å². The van der Waals surface area contributed by atoms with Crippen LogP contribution in [0.25, 0.3) is 0 Å². The molecule has 1 amide bonds. The van der Waals surface area contributed by atoms with Crippen LogP contribution in [0.3, 0.4) is 0 Å². The predicted molar refractivity (Wildman–Crippen MR) is 119 cm³/mol. The maximum Gasteiger partial charge on any atom is 0.225 e. The number of hydrogen-bond acceptors (Lipinski definition) is 5. The molecule has 31 heavy (non-hydrogen) atoms. The normalized spacial score (nSPS) is 12.9. The van der Waals surface area contributed by atoms with Crippen LogP contribution in [0.4, 0.5) is 5.69 Å². The molecule has 0 saturated heterocycles. The molecule has 6 nitrogen and oxygen atoms in total. The highest BCUT2D eigenvalue weighted by atomic mass is 32.2. The van der Waals surface area contributed by atoms with E-state index >= 15 is 0 Å². The standard InChI is InChI=1S/C24H24N2O4S/c27-24(12-14-31(28,29)23-11-10-18-5-3-6-19(18)15-23)26-20-8-4-9-22(16-20)30-17-21-7-1-2-13-25-21/h1-2,4,7-11,13,15-16H,3,5-6,12,14,17H2,(H,26,27). The molecule has 4 rings (SSSR count). The fourth-order valence-corrected chi connectivity index (χ4v) is 4.90. The molecular formula is C24H24N2O4S. The monoisotopic (exact) mass is 436 g/mol. The molecular weight excluding hydrogens is 412 g/mol. The summed E-state index contributed by atoms with van der Waals surface area (Å²) in [5.41, 5.74) is 3.68. The van der Waals surface area contributed by atoms with Crippen molar-refractivity contribution in [2.24, 2.45) is 0 Å². The molecule has 0 atom stereocenters. The second-order valence-electron chi connectivity index (χ2n) is 7.54. The Morgan fingerprint density at radius 3 is 2.71 bits per heavy atom. The van der Waals surface area contributed by atoms with Crippen molar-refractivity contribution in [1.82, 2.24) is 4.98 Å².